The van der Waals surface area contributed by atoms with Crippen LogP contribution in [-0.4, -0.2) is 0 Å². The van der Waals surface area contributed by atoms with E-state index in [1.54, 1.807) is 0 Å². The van der Waals surface area contributed by atoms with Gasteiger partial charge in [0.05, 0.1) is 0 Å². The van der Waals surface area contributed by atoms with E-state index in [4.69, 9.17) is 0 Å². The molecule has 0 heteroatoms. The molecule has 5 rings (SSSR count). The van der Waals surface area contributed by atoms with Crippen molar-refractivity contribution in [2.45, 2.75) is 45.4 Å². The van der Waals surface area contributed by atoms with Crippen LogP contribution in [0.2, 0.25) is 0 Å². The molecule has 0 N–H and O–H groups in total. The molecular formula is C31H30. The third-order valence-electron chi connectivity index (χ3n) is 7.81. The van der Waals surface area contributed by atoms with Gasteiger partial charge in [0.25, 0.3) is 0 Å². The minimum absolute atomic E-state index is 0.0778. The lowest BCUT2D eigenvalue weighted by molar-refractivity contribution is 0.304. The van der Waals surface area contributed by atoms with Crippen LogP contribution in [0.5, 0.6) is 0 Å². The first-order valence-corrected chi connectivity index (χ1v) is 11.2. The Balaban J connectivity index is 2.03. The lowest BCUT2D eigenvalue weighted by Gasteiger charge is -2.45. The highest BCUT2D eigenvalue weighted by atomic mass is 14.5. The van der Waals surface area contributed by atoms with Crippen molar-refractivity contribution in [1.29, 1.82) is 0 Å². The van der Waals surface area contributed by atoms with Crippen LogP contribution in [0, 0.1) is 6.92 Å². The van der Waals surface area contributed by atoms with Crippen molar-refractivity contribution in [3.8, 4) is 33.4 Å². The van der Waals surface area contributed by atoms with Gasteiger partial charge in [0, 0.05) is 0 Å². The SMILES string of the molecule is Cc1cccc2c1-c1ccccc1-c1ccccc1-c1ccccc1C(C)(C)C2(C)C. The van der Waals surface area contributed by atoms with Gasteiger partial charge in [-0.15, -0.1) is 0 Å². The fourth-order valence-corrected chi connectivity index (χ4v) is 5.37. The fraction of sp³-hybridized carbons (Fsp3) is 0.226. The molecule has 0 nitrogen and oxygen atoms in total. The molecule has 0 unspecified atom stereocenters. The minimum Gasteiger partial charge on any atom is -0.0619 e. The molecule has 0 radical (unpaired) electrons. The summed E-state index contributed by atoms with van der Waals surface area (Å²) in [5, 5.41) is 0. The summed E-state index contributed by atoms with van der Waals surface area (Å²) in [5.74, 6) is 0. The van der Waals surface area contributed by atoms with E-state index in [1.807, 2.05) is 0 Å². The van der Waals surface area contributed by atoms with E-state index in [9.17, 15) is 0 Å². The first-order chi connectivity index (χ1) is 14.8. The van der Waals surface area contributed by atoms with Crippen LogP contribution in [0.1, 0.15) is 44.4 Å². The zero-order valence-electron chi connectivity index (χ0n) is 19.2. The van der Waals surface area contributed by atoms with Crippen LogP contribution in [0.25, 0.3) is 33.4 Å². The summed E-state index contributed by atoms with van der Waals surface area (Å²) in [4.78, 5) is 0. The molecule has 0 saturated carbocycles. The van der Waals surface area contributed by atoms with Gasteiger partial charge in [-0.2, -0.15) is 0 Å². The van der Waals surface area contributed by atoms with E-state index in [1.165, 1.54) is 50.1 Å². The van der Waals surface area contributed by atoms with Crippen LogP contribution in [0.15, 0.2) is 91.0 Å². The smallest absolute Gasteiger partial charge is 0.000558 e. The van der Waals surface area contributed by atoms with Gasteiger partial charge in [-0.3, -0.25) is 0 Å². The number of hydrogen-bond acceptors (Lipinski definition) is 0. The molecule has 0 spiro atoms. The van der Waals surface area contributed by atoms with Crippen molar-refractivity contribution in [2.24, 2.45) is 0 Å². The Labute approximate surface area is 186 Å². The van der Waals surface area contributed by atoms with Crippen LogP contribution >= 0.6 is 0 Å². The van der Waals surface area contributed by atoms with E-state index < -0.39 is 0 Å². The Morgan fingerprint density at radius 2 is 0.839 bits per heavy atom. The zero-order chi connectivity index (χ0) is 21.8. The van der Waals surface area contributed by atoms with Crippen molar-refractivity contribution >= 4 is 0 Å². The van der Waals surface area contributed by atoms with E-state index in [-0.39, 0.29) is 10.8 Å². The van der Waals surface area contributed by atoms with Crippen LogP contribution in [0.4, 0.5) is 0 Å². The number of fused-ring (bicyclic) bond motifs is 7. The normalized spacial score (nSPS) is 15.8. The Morgan fingerprint density at radius 1 is 0.419 bits per heavy atom. The van der Waals surface area contributed by atoms with Crippen molar-refractivity contribution in [2.75, 3.05) is 0 Å². The predicted molar refractivity (Wildman–Crippen MR) is 134 cm³/mol. The van der Waals surface area contributed by atoms with Gasteiger partial charge in [0.15, 0.2) is 0 Å². The maximum Gasteiger partial charge on any atom is -0.000558 e. The van der Waals surface area contributed by atoms with Crippen molar-refractivity contribution < 1.29 is 0 Å². The summed E-state index contributed by atoms with van der Waals surface area (Å²) in [6.45, 7) is 11.9. The van der Waals surface area contributed by atoms with Crippen molar-refractivity contribution in [3.05, 3.63) is 108 Å². The molecule has 154 valence electrons. The fourth-order valence-electron chi connectivity index (χ4n) is 5.37. The lowest BCUT2D eigenvalue weighted by atomic mass is 9.58. The second-order valence-electron chi connectivity index (χ2n) is 9.88. The molecule has 4 aromatic rings. The number of rotatable bonds is 0. The first-order valence-electron chi connectivity index (χ1n) is 11.2. The molecule has 31 heavy (non-hydrogen) atoms. The molecule has 0 fully saturated rings. The maximum atomic E-state index is 2.41. The van der Waals surface area contributed by atoms with E-state index in [0.29, 0.717) is 0 Å². The Hall–Kier alpha value is -3.12. The summed E-state index contributed by atoms with van der Waals surface area (Å²) < 4.78 is 0. The molecular weight excluding hydrogens is 372 g/mol. The van der Waals surface area contributed by atoms with Gasteiger partial charge in [-0.1, -0.05) is 119 Å². The maximum absolute atomic E-state index is 2.41. The van der Waals surface area contributed by atoms with Gasteiger partial charge in [0.1, 0.15) is 0 Å². The van der Waals surface area contributed by atoms with Crippen LogP contribution < -0.4 is 0 Å². The Kier molecular flexibility index (Phi) is 4.45. The highest BCUT2D eigenvalue weighted by Gasteiger charge is 2.43. The standard InChI is InChI=1S/C31H30/c1-21-13-12-20-28-29(21)26-18-9-8-16-24(26)22-14-6-7-15-23(22)25-17-10-11-19-27(25)30(2,3)31(28,4)5/h6-20H,1-5H3. The lowest BCUT2D eigenvalue weighted by Crippen LogP contribution is -2.41. The molecule has 0 bridgehead atoms. The topological polar surface area (TPSA) is 0 Å². The number of aryl methyl sites for hydroxylation is 1. The monoisotopic (exact) mass is 402 g/mol. The van der Waals surface area contributed by atoms with Crippen LogP contribution in [0.3, 0.4) is 0 Å². The summed E-state index contributed by atoms with van der Waals surface area (Å²) in [6.07, 6.45) is 0. The molecule has 0 atom stereocenters. The molecule has 0 aliphatic heterocycles. The van der Waals surface area contributed by atoms with Gasteiger partial charge in [0.2, 0.25) is 0 Å². The van der Waals surface area contributed by atoms with Crippen molar-refractivity contribution in [1.82, 2.24) is 0 Å². The molecule has 1 aliphatic rings. The second kappa shape index (κ2) is 6.95. The zero-order valence-corrected chi connectivity index (χ0v) is 19.2. The quantitative estimate of drug-likeness (QED) is 0.276. The Bertz CT molecular complexity index is 1290. The largest absolute Gasteiger partial charge is 0.0619 e. The predicted octanol–water partition coefficient (Wildman–Crippen LogP) is 8.56. The summed E-state index contributed by atoms with van der Waals surface area (Å²) in [7, 11) is 0. The summed E-state index contributed by atoms with van der Waals surface area (Å²) in [6, 6.07) is 33.6. The Morgan fingerprint density at radius 3 is 1.48 bits per heavy atom. The number of hydrogen-bond donors (Lipinski definition) is 0. The van der Waals surface area contributed by atoms with E-state index >= 15 is 0 Å². The summed E-state index contributed by atoms with van der Waals surface area (Å²) in [5.41, 5.74) is 12.0. The summed E-state index contributed by atoms with van der Waals surface area (Å²) >= 11 is 0. The van der Waals surface area contributed by atoms with Gasteiger partial charge < -0.3 is 0 Å². The number of benzene rings is 4. The third kappa shape index (κ3) is 2.82. The van der Waals surface area contributed by atoms with Gasteiger partial charge in [-0.05, 0) is 67.8 Å². The molecule has 1 aliphatic carbocycles. The highest BCUT2D eigenvalue weighted by Crippen LogP contribution is 2.52. The van der Waals surface area contributed by atoms with Crippen molar-refractivity contribution in [3.63, 3.8) is 0 Å². The molecule has 0 aromatic heterocycles. The van der Waals surface area contributed by atoms with Crippen LogP contribution in [-0.2, 0) is 10.8 Å². The van der Waals surface area contributed by atoms with E-state index in [2.05, 4.69) is 126 Å². The average Bonchev–Trinajstić information content (AvgIpc) is 2.78. The van der Waals surface area contributed by atoms with E-state index in [0.717, 1.165) is 0 Å². The first kappa shape index (κ1) is 19.8. The second-order valence-corrected chi connectivity index (χ2v) is 9.88. The average molecular weight is 403 g/mol. The minimum atomic E-state index is -0.0795. The molecule has 0 amide bonds. The van der Waals surface area contributed by atoms with Gasteiger partial charge in [-0.25, -0.2) is 0 Å². The molecule has 0 saturated heterocycles. The highest BCUT2D eigenvalue weighted by molar-refractivity contribution is 5.94. The molecule has 0 heterocycles. The third-order valence-corrected chi connectivity index (χ3v) is 7.81. The molecule has 4 aromatic carbocycles. The van der Waals surface area contributed by atoms with Gasteiger partial charge >= 0.3 is 0 Å².